The molecule has 0 aromatic heterocycles. The van der Waals surface area contributed by atoms with E-state index in [4.69, 9.17) is 22.1 Å². The Hall–Kier alpha value is -0.730. The number of benzene rings is 1. The van der Waals surface area contributed by atoms with Gasteiger partial charge in [-0.1, -0.05) is 31.5 Å². The molecule has 1 aliphatic carbocycles. The van der Waals surface area contributed by atoms with Gasteiger partial charge in [0.2, 0.25) is 0 Å². The van der Waals surface area contributed by atoms with Crippen LogP contribution in [0.15, 0.2) is 18.2 Å². The summed E-state index contributed by atoms with van der Waals surface area (Å²) in [5.41, 5.74) is 6.90. The van der Waals surface area contributed by atoms with Crippen molar-refractivity contribution < 1.29 is 4.74 Å². The second-order valence-electron chi connectivity index (χ2n) is 5.99. The molecule has 0 heterocycles. The first-order valence-electron chi connectivity index (χ1n) is 7.19. The number of hydrogen-bond donors (Lipinski definition) is 1. The maximum absolute atomic E-state index is 6.28. The van der Waals surface area contributed by atoms with E-state index in [9.17, 15) is 0 Å². The summed E-state index contributed by atoms with van der Waals surface area (Å²) in [5, 5.41) is 0.668. The summed E-state index contributed by atoms with van der Waals surface area (Å²) in [6.07, 6.45) is 3.77. The molecule has 2 rings (SSSR count). The fraction of sp³-hybridized carbons (Fsp3) is 0.625. The number of halogens is 1. The molecule has 3 heteroatoms. The third-order valence-electron chi connectivity index (χ3n) is 4.33. The van der Waals surface area contributed by atoms with Gasteiger partial charge in [-0.15, -0.1) is 0 Å². The van der Waals surface area contributed by atoms with Crippen LogP contribution in [0, 0.1) is 11.8 Å². The quantitative estimate of drug-likeness (QED) is 0.881. The molecule has 1 fully saturated rings. The molecule has 0 spiro atoms. The lowest BCUT2D eigenvalue weighted by Gasteiger charge is -2.32. The molecule has 0 aliphatic heterocycles. The second kappa shape index (κ2) is 6.15. The predicted molar refractivity (Wildman–Crippen MR) is 80.6 cm³/mol. The first-order chi connectivity index (χ1) is 8.97. The number of rotatable bonds is 3. The minimum absolute atomic E-state index is 0.00195. The molecule has 1 aromatic carbocycles. The predicted octanol–water partition coefficient (Wildman–Crippen LogP) is 4.56. The van der Waals surface area contributed by atoms with Crippen molar-refractivity contribution in [2.24, 2.45) is 17.6 Å². The Bertz CT molecular complexity index is 433. The van der Waals surface area contributed by atoms with Gasteiger partial charge < -0.3 is 10.5 Å². The van der Waals surface area contributed by atoms with Gasteiger partial charge in [0.05, 0.1) is 11.1 Å². The summed E-state index contributed by atoms with van der Waals surface area (Å²) in [6.45, 7) is 6.59. The smallest absolute Gasteiger partial charge is 0.138 e. The fourth-order valence-corrected chi connectivity index (χ4v) is 2.91. The topological polar surface area (TPSA) is 35.2 Å². The maximum atomic E-state index is 6.28. The van der Waals surface area contributed by atoms with Crippen LogP contribution < -0.4 is 10.5 Å². The van der Waals surface area contributed by atoms with E-state index in [1.54, 1.807) is 0 Å². The zero-order valence-electron chi connectivity index (χ0n) is 12.0. The molecule has 1 aromatic rings. The van der Waals surface area contributed by atoms with Crippen molar-refractivity contribution in [2.75, 3.05) is 0 Å². The molecule has 19 heavy (non-hydrogen) atoms. The Balaban J connectivity index is 2.03. The van der Waals surface area contributed by atoms with Gasteiger partial charge in [-0.3, -0.25) is 0 Å². The minimum atomic E-state index is 0.00195. The van der Waals surface area contributed by atoms with E-state index < -0.39 is 0 Å². The first kappa shape index (κ1) is 14.7. The second-order valence-corrected chi connectivity index (χ2v) is 6.39. The lowest BCUT2D eigenvalue weighted by Crippen LogP contribution is -2.28. The lowest BCUT2D eigenvalue weighted by molar-refractivity contribution is 0.101. The van der Waals surface area contributed by atoms with Crippen LogP contribution in [-0.2, 0) is 0 Å². The molecular weight excluding hydrogens is 258 g/mol. The van der Waals surface area contributed by atoms with Crippen LogP contribution in [0.4, 0.5) is 0 Å². The molecule has 2 nitrogen and oxygen atoms in total. The van der Waals surface area contributed by atoms with Crippen molar-refractivity contribution in [3.8, 4) is 5.75 Å². The minimum Gasteiger partial charge on any atom is -0.489 e. The molecular formula is C16H24ClNO. The number of ether oxygens (including phenoxy) is 1. The van der Waals surface area contributed by atoms with Gasteiger partial charge in [0, 0.05) is 6.04 Å². The molecule has 0 amide bonds. The average Bonchev–Trinajstić information content (AvgIpc) is 2.36. The Morgan fingerprint density at radius 3 is 2.58 bits per heavy atom. The van der Waals surface area contributed by atoms with E-state index in [2.05, 4.69) is 13.8 Å². The van der Waals surface area contributed by atoms with Crippen LogP contribution in [0.2, 0.25) is 5.02 Å². The molecule has 2 N–H and O–H groups in total. The lowest BCUT2D eigenvalue weighted by atomic mass is 9.80. The van der Waals surface area contributed by atoms with Crippen LogP contribution in [0.25, 0.3) is 0 Å². The van der Waals surface area contributed by atoms with Crippen LogP contribution in [0.5, 0.6) is 5.75 Å². The van der Waals surface area contributed by atoms with Crippen LogP contribution in [0.1, 0.15) is 51.6 Å². The van der Waals surface area contributed by atoms with Gasteiger partial charge in [0.15, 0.2) is 0 Å². The van der Waals surface area contributed by atoms with Gasteiger partial charge in [0.1, 0.15) is 5.75 Å². The molecule has 106 valence electrons. The zero-order valence-corrected chi connectivity index (χ0v) is 12.8. The van der Waals surface area contributed by atoms with Crippen LogP contribution >= 0.6 is 11.6 Å². The largest absolute Gasteiger partial charge is 0.489 e. The number of hydrogen-bond acceptors (Lipinski definition) is 2. The van der Waals surface area contributed by atoms with E-state index in [-0.39, 0.29) is 6.04 Å². The third-order valence-corrected chi connectivity index (χ3v) is 4.62. The van der Waals surface area contributed by atoms with E-state index in [1.165, 1.54) is 6.42 Å². The summed E-state index contributed by atoms with van der Waals surface area (Å²) in [4.78, 5) is 0. The van der Waals surface area contributed by atoms with E-state index >= 15 is 0 Å². The Morgan fingerprint density at radius 1 is 1.26 bits per heavy atom. The van der Waals surface area contributed by atoms with E-state index in [0.717, 1.165) is 36.0 Å². The van der Waals surface area contributed by atoms with E-state index in [0.29, 0.717) is 11.1 Å². The van der Waals surface area contributed by atoms with Gasteiger partial charge in [0.25, 0.3) is 0 Å². The van der Waals surface area contributed by atoms with Gasteiger partial charge in [-0.2, -0.15) is 0 Å². The Labute approximate surface area is 121 Å². The third kappa shape index (κ3) is 3.64. The van der Waals surface area contributed by atoms with Crippen molar-refractivity contribution in [3.05, 3.63) is 28.8 Å². The molecule has 0 bridgehead atoms. The summed E-state index contributed by atoms with van der Waals surface area (Å²) in [6, 6.07) is 5.86. The SMILES string of the molecule is CC1CCC(Oc2ccc([C@H](C)N)cc2Cl)CC1C. The summed E-state index contributed by atoms with van der Waals surface area (Å²) in [7, 11) is 0. The van der Waals surface area contributed by atoms with Crippen LogP contribution in [0.3, 0.4) is 0 Å². The van der Waals surface area contributed by atoms with Crippen molar-refractivity contribution in [1.29, 1.82) is 0 Å². The average molecular weight is 282 g/mol. The highest BCUT2D eigenvalue weighted by Crippen LogP contribution is 2.34. The van der Waals surface area contributed by atoms with Gasteiger partial charge >= 0.3 is 0 Å². The summed E-state index contributed by atoms with van der Waals surface area (Å²) >= 11 is 6.28. The monoisotopic (exact) mass is 281 g/mol. The molecule has 1 aliphatic rings. The van der Waals surface area contributed by atoms with Crippen molar-refractivity contribution in [1.82, 2.24) is 0 Å². The maximum Gasteiger partial charge on any atom is 0.138 e. The molecule has 4 atom stereocenters. The fourth-order valence-electron chi connectivity index (χ4n) is 2.68. The normalized spacial score (nSPS) is 29.0. The molecule has 1 saturated carbocycles. The van der Waals surface area contributed by atoms with Gasteiger partial charge in [-0.25, -0.2) is 0 Å². The molecule has 0 radical (unpaired) electrons. The van der Waals surface area contributed by atoms with Crippen molar-refractivity contribution >= 4 is 11.6 Å². The first-order valence-corrected chi connectivity index (χ1v) is 7.57. The summed E-state index contributed by atoms with van der Waals surface area (Å²) in [5.74, 6) is 2.31. The van der Waals surface area contributed by atoms with Crippen LogP contribution in [-0.4, -0.2) is 6.10 Å². The highest BCUT2D eigenvalue weighted by molar-refractivity contribution is 6.32. The highest BCUT2D eigenvalue weighted by atomic mass is 35.5. The van der Waals surface area contributed by atoms with Gasteiger partial charge in [-0.05, 0) is 55.7 Å². The standard InChI is InChI=1S/C16H24ClNO/c1-10-4-6-14(8-11(10)2)19-16-7-5-13(12(3)18)9-15(16)17/h5,7,9-12,14H,4,6,8,18H2,1-3H3/t10?,11?,12-,14?/m0/s1. The summed E-state index contributed by atoms with van der Waals surface area (Å²) < 4.78 is 6.07. The van der Waals surface area contributed by atoms with Crippen molar-refractivity contribution in [2.45, 2.75) is 52.2 Å². The highest BCUT2D eigenvalue weighted by Gasteiger charge is 2.26. The Kier molecular flexibility index (Phi) is 4.75. The van der Waals surface area contributed by atoms with Crippen molar-refractivity contribution in [3.63, 3.8) is 0 Å². The Morgan fingerprint density at radius 2 is 2.00 bits per heavy atom. The number of nitrogens with two attached hydrogens (primary N) is 1. The molecule has 3 unspecified atom stereocenters. The van der Waals surface area contributed by atoms with E-state index in [1.807, 2.05) is 25.1 Å². The zero-order chi connectivity index (χ0) is 14.0. The molecule has 0 saturated heterocycles.